The van der Waals surface area contributed by atoms with Crippen LogP contribution in [0.1, 0.15) is 11.5 Å². The highest BCUT2D eigenvalue weighted by Crippen LogP contribution is 2.27. The highest BCUT2D eigenvalue weighted by atomic mass is 16.5. The molecule has 0 bridgehead atoms. The molecule has 1 aromatic heterocycles. The van der Waals surface area contributed by atoms with Gasteiger partial charge in [-0.05, 0) is 29.8 Å². The molecule has 0 saturated carbocycles. The number of fused-ring (bicyclic) bond motifs is 2. The predicted octanol–water partition coefficient (Wildman–Crippen LogP) is 3.06. The summed E-state index contributed by atoms with van der Waals surface area (Å²) in [6.07, 6.45) is 0. The van der Waals surface area contributed by atoms with E-state index in [-0.39, 0.29) is 5.43 Å². The van der Waals surface area contributed by atoms with Crippen LogP contribution < -0.4 is 5.43 Å². The summed E-state index contributed by atoms with van der Waals surface area (Å²) in [4.78, 5) is 12.4. The van der Waals surface area contributed by atoms with Gasteiger partial charge in [0.25, 0.3) is 0 Å². The average Bonchev–Trinajstić information content (AvgIpc) is 2.37. The summed E-state index contributed by atoms with van der Waals surface area (Å²) in [6, 6.07) is 13.2. The zero-order valence-corrected chi connectivity index (χ0v) is 10.3. The lowest BCUT2D eigenvalue weighted by Crippen LogP contribution is -2.25. The molecule has 4 rings (SSSR count). The SMILES string of the molecule is O=c1c2ccccc2oc2cc(C3COC3)ccc12. The largest absolute Gasteiger partial charge is 0.456 e. The van der Waals surface area contributed by atoms with Crippen LogP contribution in [0.25, 0.3) is 21.9 Å². The minimum Gasteiger partial charge on any atom is -0.456 e. The van der Waals surface area contributed by atoms with Crippen LogP contribution >= 0.6 is 0 Å². The number of benzene rings is 2. The second kappa shape index (κ2) is 3.93. The lowest BCUT2D eigenvalue weighted by molar-refractivity contribution is 0.00845. The van der Waals surface area contributed by atoms with Crippen molar-refractivity contribution >= 4 is 21.9 Å². The molecule has 19 heavy (non-hydrogen) atoms. The van der Waals surface area contributed by atoms with E-state index >= 15 is 0 Å². The van der Waals surface area contributed by atoms with Crippen LogP contribution in [-0.2, 0) is 4.74 Å². The van der Waals surface area contributed by atoms with Crippen molar-refractivity contribution in [2.45, 2.75) is 5.92 Å². The van der Waals surface area contributed by atoms with Gasteiger partial charge in [0.05, 0.1) is 24.0 Å². The summed E-state index contributed by atoms with van der Waals surface area (Å²) in [5.41, 5.74) is 2.51. The van der Waals surface area contributed by atoms with Crippen LogP contribution in [0, 0.1) is 0 Å². The van der Waals surface area contributed by atoms with Crippen molar-refractivity contribution in [3.8, 4) is 0 Å². The lowest BCUT2D eigenvalue weighted by atomic mass is 9.96. The van der Waals surface area contributed by atoms with Gasteiger partial charge in [0, 0.05) is 5.92 Å². The molecule has 0 N–H and O–H groups in total. The normalized spacial score (nSPS) is 15.8. The first-order chi connectivity index (χ1) is 9.33. The Morgan fingerprint density at radius 3 is 2.53 bits per heavy atom. The minimum absolute atomic E-state index is 0.0354. The van der Waals surface area contributed by atoms with Crippen molar-refractivity contribution in [3.05, 3.63) is 58.3 Å². The van der Waals surface area contributed by atoms with Crippen LogP contribution in [0.3, 0.4) is 0 Å². The highest BCUT2D eigenvalue weighted by molar-refractivity contribution is 5.89. The molecule has 3 aromatic rings. The van der Waals surface area contributed by atoms with E-state index in [1.165, 1.54) is 5.56 Å². The van der Waals surface area contributed by atoms with Crippen molar-refractivity contribution in [1.82, 2.24) is 0 Å². The van der Waals surface area contributed by atoms with Crippen molar-refractivity contribution in [2.75, 3.05) is 13.2 Å². The van der Waals surface area contributed by atoms with Gasteiger partial charge in [-0.25, -0.2) is 0 Å². The van der Waals surface area contributed by atoms with Crippen molar-refractivity contribution in [2.24, 2.45) is 0 Å². The van der Waals surface area contributed by atoms with Crippen LogP contribution in [0.2, 0.25) is 0 Å². The smallest absolute Gasteiger partial charge is 0.200 e. The van der Waals surface area contributed by atoms with Crippen molar-refractivity contribution in [1.29, 1.82) is 0 Å². The Labute approximate surface area is 109 Å². The molecule has 0 atom stereocenters. The molecule has 0 unspecified atom stereocenters. The fraction of sp³-hybridized carbons (Fsp3) is 0.188. The van der Waals surface area contributed by atoms with Crippen molar-refractivity contribution < 1.29 is 9.15 Å². The Hall–Kier alpha value is -2.13. The second-order valence-corrected chi connectivity index (χ2v) is 4.92. The second-order valence-electron chi connectivity index (χ2n) is 4.92. The molecule has 0 aliphatic carbocycles. The van der Waals surface area contributed by atoms with E-state index in [4.69, 9.17) is 9.15 Å². The summed E-state index contributed by atoms with van der Waals surface area (Å²) < 4.78 is 11.0. The number of hydrogen-bond donors (Lipinski definition) is 0. The first kappa shape index (κ1) is 10.8. The van der Waals surface area contributed by atoms with E-state index in [2.05, 4.69) is 0 Å². The number of rotatable bonds is 1. The van der Waals surface area contributed by atoms with E-state index in [0.717, 1.165) is 13.2 Å². The third kappa shape index (κ3) is 1.59. The van der Waals surface area contributed by atoms with Gasteiger partial charge in [-0.2, -0.15) is 0 Å². The van der Waals surface area contributed by atoms with Gasteiger partial charge < -0.3 is 9.15 Å². The van der Waals surface area contributed by atoms with E-state index in [1.807, 2.05) is 36.4 Å². The minimum atomic E-state index is 0.0354. The standard InChI is InChI=1S/C16H12O3/c17-16-12-3-1-2-4-14(12)19-15-7-10(5-6-13(15)16)11-8-18-9-11/h1-7,11H,8-9H2. The van der Waals surface area contributed by atoms with Gasteiger partial charge in [-0.1, -0.05) is 18.2 Å². The molecule has 0 amide bonds. The maximum atomic E-state index is 12.4. The monoisotopic (exact) mass is 252 g/mol. The zero-order chi connectivity index (χ0) is 12.8. The van der Waals surface area contributed by atoms with Gasteiger partial charge in [0.15, 0.2) is 0 Å². The van der Waals surface area contributed by atoms with Crippen LogP contribution in [0.15, 0.2) is 51.7 Å². The van der Waals surface area contributed by atoms with E-state index in [9.17, 15) is 4.79 Å². The molecule has 1 aliphatic heterocycles. The Bertz CT molecular complexity index is 828. The molecular formula is C16H12O3. The first-order valence-corrected chi connectivity index (χ1v) is 6.36. The molecular weight excluding hydrogens is 240 g/mol. The van der Waals surface area contributed by atoms with Crippen LogP contribution in [-0.4, -0.2) is 13.2 Å². The maximum absolute atomic E-state index is 12.4. The number of hydrogen-bond acceptors (Lipinski definition) is 3. The Morgan fingerprint density at radius 2 is 1.74 bits per heavy atom. The van der Waals surface area contributed by atoms with Gasteiger partial charge in [-0.3, -0.25) is 4.79 Å². The molecule has 1 saturated heterocycles. The molecule has 1 aliphatic rings. The number of ether oxygens (including phenoxy) is 1. The fourth-order valence-corrected chi connectivity index (χ4v) is 2.50. The topological polar surface area (TPSA) is 39.4 Å². The molecule has 2 aromatic carbocycles. The summed E-state index contributed by atoms with van der Waals surface area (Å²) in [5.74, 6) is 0.432. The summed E-state index contributed by atoms with van der Waals surface area (Å²) in [7, 11) is 0. The molecule has 0 radical (unpaired) electrons. The van der Waals surface area contributed by atoms with E-state index < -0.39 is 0 Å². The summed E-state index contributed by atoms with van der Waals surface area (Å²) >= 11 is 0. The lowest BCUT2D eigenvalue weighted by Gasteiger charge is -2.26. The van der Waals surface area contributed by atoms with Gasteiger partial charge >= 0.3 is 0 Å². The Morgan fingerprint density at radius 1 is 0.947 bits per heavy atom. The van der Waals surface area contributed by atoms with Gasteiger partial charge in [0.1, 0.15) is 11.2 Å². The summed E-state index contributed by atoms with van der Waals surface area (Å²) in [6.45, 7) is 1.51. The van der Waals surface area contributed by atoms with Crippen LogP contribution in [0.4, 0.5) is 0 Å². The highest BCUT2D eigenvalue weighted by Gasteiger charge is 2.21. The summed E-state index contributed by atoms with van der Waals surface area (Å²) in [5, 5.41) is 1.28. The number of para-hydroxylation sites is 1. The fourth-order valence-electron chi connectivity index (χ4n) is 2.50. The molecule has 3 heteroatoms. The third-order valence-electron chi connectivity index (χ3n) is 3.71. The van der Waals surface area contributed by atoms with Crippen molar-refractivity contribution in [3.63, 3.8) is 0 Å². The third-order valence-corrected chi connectivity index (χ3v) is 3.71. The Balaban J connectivity index is 2.03. The van der Waals surface area contributed by atoms with Gasteiger partial charge in [0.2, 0.25) is 5.43 Å². The maximum Gasteiger partial charge on any atom is 0.200 e. The van der Waals surface area contributed by atoms with E-state index in [0.29, 0.717) is 27.9 Å². The molecule has 3 nitrogen and oxygen atoms in total. The zero-order valence-electron chi connectivity index (χ0n) is 10.3. The molecule has 94 valence electrons. The first-order valence-electron chi connectivity index (χ1n) is 6.36. The van der Waals surface area contributed by atoms with Gasteiger partial charge in [-0.15, -0.1) is 0 Å². The molecule has 0 spiro atoms. The quantitative estimate of drug-likeness (QED) is 0.625. The predicted molar refractivity (Wildman–Crippen MR) is 73.6 cm³/mol. The van der Waals surface area contributed by atoms with E-state index in [1.54, 1.807) is 6.07 Å². The average molecular weight is 252 g/mol. The molecule has 2 heterocycles. The molecule has 1 fully saturated rings. The Kier molecular flexibility index (Phi) is 2.23. The van der Waals surface area contributed by atoms with Crippen LogP contribution in [0.5, 0.6) is 0 Å².